The van der Waals surface area contributed by atoms with Crippen molar-refractivity contribution >= 4 is 46.0 Å². The van der Waals surface area contributed by atoms with Gasteiger partial charge in [0.05, 0.1) is 5.69 Å². The molecule has 0 unspecified atom stereocenters. The molecule has 0 saturated carbocycles. The topological polar surface area (TPSA) is 71.8 Å². The van der Waals surface area contributed by atoms with Gasteiger partial charge in [0.15, 0.2) is 5.11 Å². The highest BCUT2D eigenvalue weighted by Gasteiger charge is 2.10. The average molecular weight is 470 g/mol. The number of fused-ring (bicyclic) bond motifs is 1. The number of carbonyl (C=O) groups excluding carboxylic acids is 1. The molecule has 0 aliphatic heterocycles. The van der Waals surface area contributed by atoms with Crippen LogP contribution in [0.5, 0.6) is 0 Å². The lowest BCUT2D eigenvalue weighted by molar-refractivity contribution is -0.115. The molecule has 0 aliphatic carbocycles. The Morgan fingerprint density at radius 1 is 1.03 bits per heavy atom. The minimum Gasteiger partial charge on any atom is -0.332 e. The lowest BCUT2D eigenvalue weighted by atomic mass is 10.1. The SMILES string of the molecule is CCCCc1ccc(-n2nc3cc(C)c(NC(=S)NC(=O)/C=C/c4ccccc4)cc3n2)cc1. The van der Waals surface area contributed by atoms with E-state index in [1.165, 1.54) is 24.5 Å². The van der Waals surface area contributed by atoms with E-state index in [1.807, 2.05) is 61.5 Å². The molecule has 0 aliphatic rings. The highest BCUT2D eigenvalue weighted by atomic mass is 32.1. The number of hydrogen-bond donors (Lipinski definition) is 2. The number of rotatable bonds is 7. The van der Waals surface area contributed by atoms with Gasteiger partial charge >= 0.3 is 0 Å². The first-order valence-corrected chi connectivity index (χ1v) is 11.7. The van der Waals surface area contributed by atoms with Crippen LogP contribution in [0.3, 0.4) is 0 Å². The second kappa shape index (κ2) is 10.9. The number of aryl methyl sites for hydroxylation is 2. The van der Waals surface area contributed by atoms with E-state index in [2.05, 4.69) is 39.9 Å². The second-order valence-corrected chi connectivity index (χ2v) is 8.51. The Labute approximate surface area is 204 Å². The Morgan fingerprint density at radius 2 is 1.74 bits per heavy atom. The molecule has 34 heavy (non-hydrogen) atoms. The zero-order valence-corrected chi connectivity index (χ0v) is 20.1. The smallest absolute Gasteiger partial charge is 0.250 e. The summed E-state index contributed by atoms with van der Waals surface area (Å²) in [7, 11) is 0. The number of aromatic nitrogens is 3. The molecular formula is C27H27N5OS. The summed E-state index contributed by atoms with van der Waals surface area (Å²) in [5, 5.41) is 15.3. The summed E-state index contributed by atoms with van der Waals surface area (Å²) < 4.78 is 0. The lowest BCUT2D eigenvalue weighted by Crippen LogP contribution is -2.33. The van der Waals surface area contributed by atoms with Crippen molar-refractivity contribution in [2.24, 2.45) is 0 Å². The number of nitrogens with zero attached hydrogens (tertiary/aromatic N) is 3. The van der Waals surface area contributed by atoms with Gasteiger partial charge in [0.25, 0.3) is 0 Å². The predicted molar refractivity (Wildman–Crippen MR) is 142 cm³/mol. The van der Waals surface area contributed by atoms with E-state index >= 15 is 0 Å². The van der Waals surface area contributed by atoms with E-state index in [-0.39, 0.29) is 11.0 Å². The van der Waals surface area contributed by atoms with Gasteiger partial charge in [0.2, 0.25) is 5.91 Å². The molecule has 1 heterocycles. The molecule has 0 fully saturated rings. The third kappa shape index (κ3) is 5.94. The predicted octanol–water partition coefficient (Wildman–Crippen LogP) is 5.60. The average Bonchev–Trinajstić information content (AvgIpc) is 3.25. The van der Waals surface area contributed by atoms with E-state index in [0.717, 1.165) is 40.0 Å². The van der Waals surface area contributed by atoms with Crippen LogP contribution >= 0.6 is 12.2 Å². The summed E-state index contributed by atoms with van der Waals surface area (Å²) >= 11 is 5.33. The quantitative estimate of drug-likeness (QED) is 0.272. The van der Waals surface area contributed by atoms with Crippen molar-refractivity contribution in [1.29, 1.82) is 0 Å². The van der Waals surface area contributed by atoms with Crippen molar-refractivity contribution in [2.45, 2.75) is 33.1 Å². The molecule has 0 spiro atoms. The van der Waals surface area contributed by atoms with Gasteiger partial charge < -0.3 is 5.32 Å². The van der Waals surface area contributed by atoms with Crippen LogP contribution in [0.25, 0.3) is 22.8 Å². The van der Waals surface area contributed by atoms with E-state index < -0.39 is 0 Å². The second-order valence-electron chi connectivity index (χ2n) is 8.10. The van der Waals surface area contributed by atoms with Gasteiger partial charge in [-0.15, -0.1) is 10.2 Å². The fraction of sp³-hybridized carbons (Fsp3) is 0.185. The minimum absolute atomic E-state index is 0.222. The number of benzene rings is 3. The van der Waals surface area contributed by atoms with Gasteiger partial charge in [-0.1, -0.05) is 55.8 Å². The summed E-state index contributed by atoms with van der Waals surface area (Å²) in [6, 6.07) is 21.8. The monoisotopic (exact) mass is 469 g/mol. The molecule has 1 aromatic heterocycles. The fourth-order valence-corrected chi connectivity index (χ4v) is 3.75. The van der Waals surface area contributed by atoms with E-state index in [1.54, 1.807) is 10.9 Å². The third-order valence-corrected chi connectivity index (χ3v) is 5.63. The maximum atomic E-state index is 12.2. The van der Waals surface area contributed by atoms with Crippen LogP contribution in [0.4, 0.5) is 5.69 Å². The fourth-order valence-electron chi connectivity index (χ4n) is 3.54. The van der Waals surface area contributed by atoms with Crippen LogP contribution in [0.1, 0.15) is 36.5 Å². The van der Waals surface area contributed by atoms with Gasteiger partial charge in [-0.25, -0.2) is 0 Å². The first-order chi connectivity index (χ1) is 16.5. The molecule has 0 radical (unpaired) electrons. The van der Waals surface area contributed by atoms with Crippen molar-refractivity contribution in [3.63, 3.8) is 0 Å². The van der Waals surface area contributed by atoms with E-state index in [0.29, 0.717) is 0 Å². The Morgan fingerprint density at radius 3 is 2.44 bits per heavy atom. The Hall–Kier alpha value is -3.84. The van der Waals surface area contributed by atoms with Gasteiger partial charge in [0.1, 0.15) is 11.0 Å². The van der Waals surface area contributed by atoms with Crippen LogP contribution in [-0.2, 0) is 11.2 Å². The molecular weight excluding hydrogens is 442 g/mol. The Balaban J connectivity index is 1.44. The first kappa shape index (κ1) is 23.3. The molecule has 4 aromatic rings. The van der Waals surface area contributed by atoms with Crippen LogP contribution in [0, 0.1) is 6.92 Å². The maximum Gasteiger partial charge on any atom is 0.250 e. The molecule has 4 rings (SSSR count). The van der Waals surface area contributed by atoms with Crippen LogP contribution in [0.2, 0.25) is 0 Å². The number of hydrogen-bond acceptors (Lipinski definition) is 4. The molecule has 7 heteroatoms. The van der Waals surface area contributed by atoms with Gasteiger partial charge in [-0.2, -0.15) is 4.80 Å². The van der Waals surface area contributed by atoms with Crippen molar-refractivity contribution in [2.75, 3.05) is 5.32 Å². The Bertz CT molecular complexity index is 1330. The summed E-state index contributed by atoms with van der Waals surface area (Å²) in [6.07, 6.45) is 6.64. The standard InChI is InChI=1S/C27H27N5OS/c1-3-4-8-21-11-14-22(15-12-21)32-30-24-17-19(2)23(18-25(24)31-32)28-27(34)29-26(33)16-13-20-9-6-5-7-10-20/h5-7,9-18H,3-4,8H2,1-2H3,(H2,28,29,33,34)/b16-13+. The highest BCUT2D eigenvalue weighted by molar-refractivity contribution is 7.80. The number of nitrogens with one attached hydrogen (secondary N) is 2. The number of thiocarbonyl (C=S) groups is 1. The molecule has 0 atom stereocenters. The van der Waals surface area contributed by atoms with Crippen LogP contribution < -0.4 is 10.6 Å². The van der Waals surface area contributed by atoms with E-state index in [9.17, 15) is 4.79 Å². The van der Waals surface area contributed by atoms with Gasteiger partial charge in [0, 0.05) is 11.8 Å². The maximum absolute atomic E-state index is 12.2. The van der Waals surface area contributed by atoms with Crippen molar-refractivity contribution in [3.05, 3.63) is 89.5 Å². The highest BCUT2D eigenvalue weighted by Crippen LogP contribution is 2.22. The number of unbranched alkanes of at least 4 members (excludes halogenated alkanes) is 1. The number of carbonyl (C=O) groups is 1. The summed E-state index contributed by atoms with van der Waals surface area (Å²) in [4.78, 5) is 13.9. The van der Waals surface area contributed by atoms with Gasteiger partial charge in [-0.3, -0.25) is 10.1 Å². The number of anilines is 1. The largest absolute Gasteiger partial charge is 0.332 e. The molecule has 172 valence electrons. The molecule has 1 amide bonds. The zero-order chi connectivity index (χ0) is 23.9. The van der Waals surface area contributed by atoms with Gasteiger partial charge in [-0.05, 0) is 79.0 Å². The number of amides is 1. The normalized spacial score (nSPS) is 11.1. The lowest BCUT2D eigenvalue weighted by Gasteiger charge is -2.10. The van der Waals surface area contributed by atoms with Crippen LogP contribution in [-0.4, -0.2) is 26.0 Å². The zero-order valence-electron chi connectivity index (χ0n) is 19.3. The molecule has 0 bridgehead atoms. The minimum atomic E-state index is -0.298. The molecule has 3 aromatic carbocycles. The first-order valence-electron chi connectivity index (χ1n) is 11.3. The summed E-state index contributed by atoms with van der Waals surface area (Å²) in [6.45, 7) is 4.16. The van der Waals surface area contributed by atoms with Crippen molar-refractivity contribution < 1.29 is 4.79 Å². The summed E-state index contributed by atoms with van der Waals surface area (Å²) in [5.74, 6) is -0.298. The molecule has 6 nitrogen and oxygen atoms in total. The summed E-state index contributed by atoms with van der Waals surface area (Å²) in [5.41, 5.74) is 6.42. The van der Waals surface area contributed by atoms with Crippen LogP contribution in [0.15, 0.2) is 72.8 Å². The third-order valence-electron chi connectivity index (χ3n) is 5.42. The van der Waals surface area contributed by atoms with Crippen molar-refractivity contribution in [1.82, 2.24) is 20.3 Å². The van der Waals surface area contributed by atoms with E-state index in [4.69, 9.17) is 12.2 Å². The Kier molecular flexibility index (Phi) is 7.44. The van der Waals surface area contributed by atoms with Crippen molar-refractivity contribution in [3.8, 4) is 5.69 Å². The molecule has 0 saturated heterocycles. The molecule has 2 N–H and O–H groups in total.